The molecule has 3 heterocycles. The molecule has 0 saturated carbocycles. The molecule has 7 nitrogen and oxygen atoms in total. The molecule has 1 unspecified atom stereocenters. The number of likely N-dealkylation sites (N-methyl/N-ethyl adjacent to an activating group) is 1. The molecule has 0 saturated heterocycles. The van der Waals surface area contributed by atoms with Gasteiger partial charge in [0.05, 0.1) is 13.1 Å². The normalized spacial score (nSPS) is 16.7. The second-order valence-corrected chi connectivity index (χ2v) is 6.79. The van der Waals surface area contributed by atoms with E-state index in [1.807, 2.05) is 19.1 Å². The lowest BCUT2D eigenvalue weighted by Crippen LogP contribution is -2.38. The van der Waals surface area contributed by atoms with Crippen molar-refractivity contribution in [3.05, 3.63) is 35.3 Å². The number of nitrogens with one attached hydrogen (secondary N) is 1. The van der Waals surface area contributed by atoms with Crippen molar-refractivity contribution < 1.29 is 9.21 Å². The maximum atomic E-state index is 12.2. The molecule has 1 amide bonds. The molecule has 3 rings (SSSR count). The van der Waals surface area contributed by atoms with Crippen molar-refractivity contribution >= 4 is 5.91 Å². The number of nitrogens with zero attached hydrogens (tertiary/aromatic N) is 4. The molecule has 0 aromatic carbocycles. The molecule has 0 radical (unpaired) electrons. The van der Waals surface area contributed by atoms with Crippen LogP contribution in [0.3, 0.4) is 0 Å². The van der Waals surface area contributed by atoms with Gasteiger partial charge >= 0.3 is 0 Å². The number of amides is 1. The topological polar surface area (TPSA) is 76.2 Å². The molecule has 2 aromatic rings. The largest absolute Gasteiger partial charge is 0.464 e. The monoisotopic (exact) mass is 345 g/mol. The van der Waals surface area contributed by atoms with E-state index in [0.717, 1.165) is 55.5 Å². The smallest absolute Gasteiger partial charge is 0.236 e. The molecule has 1 N–H and O–H groups in total. The molecule has 0 aliphatic carbocycles. The van der Waals surface area contributed by atoms with Crippen LogP contribution in [0.2, 0.25) is 0 Å². The van der Waals surface area contributed by atoms with E-state index in [1.165, 1.54) is 0 Å². The summed E-state index contributed by atoms with van der Waals surface area (Å²) >= 11 is 0. The van der Waals surface area contributed by atoms with Crippen LogP contribution < -0.4 is 5.32 Å². The van der Waals surface area contributed by atoms with Crippen LogP contribution in [-0.4, -0.2) is 45.7 Å². The number of aromatic nitrogens is 3. The van der Waals surface area contributed by atoms with Crippen LogP contribution >= 0.6 is 0 Å². The molecule has 0 bridgehead atoms. The molecule has 1 aliphatic heterocycles. The molecule has 136 valence electrons. The minimum Gasteiger partial charge on any atom is -0.464 e. The first-order valence-corrected chi connectivity index (χ1v) is 8.97. The van der Waals surface area contributed by atoms with Crippen molar-refractivity contribution in [2.75, 3.05) is 20.1 Å². The summed E-state index contributed by atoms with van der Waals surface area (Å²) in [6.45, 7) is 6.63. The summed E-state index contributed by atoms with van der Waals surface area (Å²) < 4.78 is 7.76. The van der Waals surface area contributed by atoms with Gasteiger partial charge in [-0.15, -0.1) is 10.2 Å². The van der Waals surface area contributed by atoms with Crippen molar-refractivity contribution in [2.24, 2.45) is 5.92 Å². The molecule has 2 aromatic heterocycles. The van der Waals surface area contributed by atoms with Gasteiger partial charge in [-0.1, -0.05) is 6.92 Å². The first kappa shape index (κ1) is 17.7. The Bertz CT molecular complexity index is 707. The zero-order valence-corrected chi connectivity index (χ0v) is 15.3. The lowest BCUT2D eigenvalue weighted by atomic mass is 9.99. The van der Waals surface area contributed by atoms with Crippen molar-refractivity contribution in [1.82, 2.24) is 25.0 Å². The lowest BCUT2D eigenvalue weighted by molar-refractivity contribution is -0.129. The van der Waals surface area contributed by atoms with Crippen LogP contribution in [0.25, 0.3) is 0 Å². The molecule has 0 fully saturated rings. The number of aryl methyl sites for hydroxylation is 3. The summed E-state index contributed by atoms with van der Waals surface area (Å²) in [5.41, 5.74) is 0. The fourth-order valence-electron chi connectivity index (χ4n) is 3.29. The van der Waals surface area contributed by atoms with Crippen LogP contribution in [0.5, 0.6) is 0 Å². The van der Waals surface area contributed by atoms with E-state index in [-0.39, 0.29) is 5.91 Å². The van der Waals surface area contributed by atoms with E-state index >= 15 is 0 Å². The quantitative estimate of drug-likeness (QED) is 0.824. The van der Waals surface area contributed by atoms with Crippen molar-refractivity contribution in [2.45, 2.75) is 46.2 Å². The van der Waals surface area contributed by atoms with E-state index in [0.29, 0.717) is 19.0 Å². The SMILES string of the molecule is CCc1nnc2n1CC(CNCC(=O)N(C)Cc1ccc(C)o1)CC2. The molecular weight excluding hydrogens is 318 g/mol. The van der Waals surface area contributed by atoms with Gasteiger partial charge in [0.15, 0.2) is 0 Å². The number of fused-ring (bicyclic) bond motifs is 1. The summed E-state index contributed by atoms with van der Waals surface area (Å²) in [5, 5.41) is 11.8. The van der Waals surface area contributed by atoms with E-state index in [1.54, 1.807) is 11.9 Å². The molecular formula is C18H27N5O2. The second-order valence-electron chi connectivity index (χ2n) is 6.79. The Balaban J connectivity index is 1.42. The number of hydrogen-bond acceptors (Lipinski definition) is 5. The van der Waals surface area contributed by atoms with Gasteiger partial charge in [0.1, 0.15) is 23.2 Å². The highest BCUT2D eigenvalue weighted by atomic mass is 16.3. The standard InChI is InChI=1S/C18H27N5O2/c1-4-16-20-21-17-8-6-14(11-23(16)17)9-19-10-18(24)22(3)12-15-7-5-13(2)25-15/h5,7,14,19H,4,6,8-12H2,1-3H3. The fourth-order valence-corrected chi connectivity index (χ4v) is 3.29. The maximum Gasteiger partial charge on any atom is 0.236 e. The fraction of sp³-hybridized carbons (Fsp3) is 0.611. The predicted octanol–water partition coefficient (Wildman–Crippen LogP) is 1.55. The van der Waals surface area contributed by atoms with E-state index in [2.05, 4.69) is 27.0 Å². The first-order chi connectivity index (χ1) is 12.1. The number of carbonyl (C=O) groups is 1. The zero-order chi connectivity index (χ0) is 17.8. The summed E-state index contributed by atoms with van der Waals surface area (Å²) in [6, 6.07) is 3.83. The van der Waals surface area contributed by atoms with Crippen molar-refractivity contribution in [1.29, 1.82) is 0 Å². The minimum absolute atomic E-state index is 0.0732. The lowest BCUT2D eigenvalue weighted by Gasteiger charge is -2.25. The zero-order valence-electron chi connectivity index (χ0n) is 15.3. The molecule has 1 aliphatic rings. The average Bonchev–Trinajstić information content (AvgIpc) is 3.20. The van der Waals surface area contributed by atoms with E-state index in [9.17, 15) is 4.79 Å². The Kier molecular flexibility index (Phi) is 5.53. The van der Waals surface area contributed by atoms with Gasteiger partial charge in [-0.25, -0.2) is 0 Å². The Morgan fingerprint density at radius 1 is 1.44 bits per heavy atom. The summed E-state index contributed by atoms with van der Waals surface area (Å²) in [4.78, 5) is 13.9. The third-order valence-electron chi connectivity index (χ3n) is 4.76. The minimum atomic E-state index is 0.0732. The highest BCUT2D eigenvalue weighted by Crippen LogP contribution is 2.19. The highest BCUT2D eigenvalue weighted by Gasteiger charge is 2.22. The van der Waals surface area contributed by atoms with Crippen molar-refractivity contribution in [3.63, 3.8) is 0 Å². The number of carbonyl (C=O) groups excluding carboxylic acids is 1. The highest BCUT2D eigenvalue weighted by molar-refractivity contribution is 5.77. The number of furan rings is 1. The molecule has 1 atom stereocenters. The van der Waals surface area contributed by atoms with Crippen molar-refractivity contribution in [3.8, 4) is 0 Å². The third kappa shape index (κ3) is 4.28. The maximum absolute atomic E-state index is 12.2. The average molecular weight is 345 g/mol. The van der Waals surface area contributed by atoms with Gasteiger partial charge in [-0.2, -0.15) is 0 Å². The predicted molar refractivity (Wildman–Crippen MR) is 94.0 cm³/mol. The molecule has 7 heteroatoms. The second kappa shape index (κ2) is 7.82. The number of rotatable bonds is 7. The summed E-state index contributed by atoms with van der Waals surface area (Å²) in [5.74, 6) is 4.42. The summed E-state index contributed by atoms with van der Waals surface area (Å²) in [7, 11) is 1.80. The Labute approximate surface area is 148 Å². The van der Waals surface area contributed by atoms with Crippen LogP contribution in [0.4, 0.5) is 0 Å². The van der Waals surface area contributed by atoms with Gasteiger partial charge in [0.2, 0.25) is 5.91 Å². The van der Waals surface area contributed by atoms with Gasteiger partial charge < -0.3 is 19.2 Å². The van der Waals surface area contributed by atoms with Gasteiger partial charge in [-0.3, -0.25) is 4.79 Å². The Morgan fingerprint density at radius 2 is 2.28 bits per heavy atom. The van der Waals surface area contributed by atoms with Crippen LogP contribution in [0, 0.1) is 12.8 Å². The van der Waals surface area contributed by atoms with E-state index < -0.39 is 0 Å². The molecule has 25 heavy (non-hydrogen) atoms. The van der Waals surface area contributed by atoms with Crippen LogP contribution in [0.1, 0.15) is 36.5 Å². The summed E-state index contributed by atoms with van der Waals surface area (Å²) in [6.07, 6.45) is 2.96. The van der Waals surface area contributed by atoms with Crippen LogP contribution in [0.15, 0.2) is 16.5 Å². The van der Waals surface area contributed by atoms with Gasteiger partial charge in [0, 0.05) is 33.0 Å². The van der Waals surface area contributed by atoms with Gasteiger partial charge in [-0.05, 0) is 31.4 Å². The molecule has 0 spiro atoms. The number of hydrogen-bond donors (Lipinski definition) is 1. The Hall–Kier alpha value is -2.15. The first-order valence-electron chi connectivity index (χ1n) is 8.97. The Morgan fingerprint density at radius 3 is 3.00 bits per heavy atom. The van der Waals surface area contributed by atoms with E-state index in [4.69, 9.17) is 4.42 Å². The third-order valence-corrected chi connectivity index (χ3v) is 4.76. The van der Waals surface area contributed by atoms with Crippen LogP contribution in [-0.2, 0) is 30.7 Å². The van der Waals surface area contributed by atoms with Gasteiger partial charge in [0.25, 0.3) is 0 Å².